The van der Waals surface area contributed by atoms with Crippen molar-refractivity contribution < 1.29 is 14.7 Å². The van der Waals surface area contributed by atoms with Gasteiger partial charge in [0.25, 0.3) is 0 Å². The van der Waals surface area contributed by atoms with Crippen LogP contribution in [-0.2, 0) is 9.59 Å². The second kappa shape index (κ2) is 7.08. The number of benzene rings is 1. The van der Waals surface area contributed by atoms with Gasteiger partial charge < -0.3 is 10.0 Å². The monoisotopic (exact) mass is 277 g/mol. The Kier molecular flexibility index (Phi) is 5.74. The molecule has 4 nitrogen and oxygen atoms in total. The van der Waals surface area contributed by atoms with Gasteiger partial charge in [0, 0.05) is 18.7 Å². The third-order valence-corrected chi connectivity index (χ3v) is 3.35. The van der Waals surface area contributed by atoms with Gasteiger partial charge in [-0.3, -0.25) is 9.59 Å². The summed E-state index contributed by atoms with van der Waals surface area (Å²) < 4.78 is 0. The number of aliphatic carboxylic acids is 1. The molecule has 0 spiro atoms. The molecule has 1 amide bonds. The van der Waals surface area contributed by atoms with Gasteiger partial charge in [-0.2, -0.15) is 0 Å². The molecule has 0 aliphatic carbocycles. The van der Waals surface area contributed by atoms with Crippen LogP contribution >= 0.6 is 0 Å². The molecule has 1 unspecified atom stereocenters. The summed E-state index contributed by atoms with van der Waals surface area (Å²) >= 11 is 0. The Hall–Kier alpha value is -1.84. The second-order valence-electron chi connectivity index (χ2n) is 5.34. The summed E-state index contributed by atoms with van der Waals surface area (Å²) in [4.78, 5) is 24.6. The van der Waals surface area contributed by atoms with E-state index < -0.39 is 11.9 Å². The lowest BCUT2D eigenvalue weighted by Gasteiger charge is -2.24. The molecule has 0 bridgehead atoms. The third kappa shape index (κ3) is 4.08. The summed E-state index contributed by atoms with van der Waals surface area (Å²) in [5, 5.41) is 9.01. The van der Waals surface area contributed by atoms with E-state index in [9.17, 15) is 9.59 Å². The van der Waals surface area contributed by atoms with Gasteiger partial charge in [0.1, 0.15) is 0 Å². The molecule has 0 aliphatic heterocycles. The molecule has 110 valence electrons. The number of carbonyl (C=O) groups excluding carboxylic acids is 1. The summed E-state index contributed by atoms with van der Waals surface area (Å²) in [6, 6.07) is 7.75. The van der Waals surface area contributed by atoms with Crippen LogP contribution in [0.4, 0.5) is 5.69 Å². The standard InChI is InChI=1S/C16H23NO3/c1-5-15(18)17(10-12(4)16(19)20)14-8-6-13(7-9-14)11(2)3/h6-9,11-12H,5,10H2,1-4H3,(H,19,20). The first-order valence-corrected chi connectivity index (χ1v) is 6.99. The van der Waals surface area contributed by atoms with Crippen LogP contribution < -0.4 is 4.90 Å². The zero-order valence-corrected chi connectivity index (χ0v) is 12.6. The van der Waals surface area contributed by atoms with Crippen molar-refractivity contribution in [1.82, 2.24) is 0 Å². The number of carbonyl (C=O) groups is 2. The molecule has 4 heteroatoms. The third-order valence-electron chi connectivity index (χ3n) is 3.35. The van der Waals surface area contributed by atoms with Gasteiger partial charge in [-0.15, -0.1) is 0 Å². The van der Waals surface area contributed by atoms with Crippen LogP contribution in [0.2, 0.25) is 0 Å². The van der Waals surface area contributed by atoms with Crippen LogP contribution in [0.1, 0.15) is 45.6 Å². The molecule has 0 heterocycles. The molecule has 0 saturated heterocycles. The lowest BCUT2D eigenvalue weighted by molar-refractivity contribution is -0.140. The van der Waals surface area contributed by atoms with E-state index in [4.69, 9.17) is 5.11 Å². The number of carboxylic acid groups (broad SMARTS) is 1. The maximum absolute atomic E-state index is 12.0. The Morgan fingerprint density at radius 1 is 1.15 bits per heavy atom. The van der Waals surface area contributed by atoms with Crippen molar-refractivity contribution in [3.63, 3.8) is 0 Å². The largest absolute Gasteiger partial charge is 0.481 e. The van der Waals surface area contributed by atoms with Crippen LogP contribution in [0.25, 0.3) is 0 Å². The molecule has 1 N–H and O–H groups in total. The SMILES string of the molecule is CCC(=O)N(CC(C)C(=O)O)c1ccc(C(C)C)cc1. The molecule has 1 aromatic rings. The lowest BCUT2D eigenvalue weighted by Crippen LogP contribution is -2.36. The Labute approximate surface area is 120 Å². The summed E-state index contributed by atoms with van der Waals surface area (Å²) in [6.07, 6.45) is 0.359. The van der Waals surface area contributed by atoms with Crippen LogP contribution in [0.3, 0.4) is 0 Å². The first-order chi connectivity index (χ1) is 9.36. The molecule has 1 rings (SSSR count). The van der Waals surface area contributed by atoms with E-state index in [0.717, 1.165) is 5.69 Å². The van der Waals surface area contributed by atoms with E-state index in [2.05, 4.69) is 13.8 Å². The number of anilines is 1. The van der Waals surface area contributed by atoms with Gasteiger partial charge in [0.05, 0.1) is 5.92 Å². The van der Waals surface area contributed by atoms with Crippen LogP contribution in [0, 0.1) is 5.92 Å². The topological polar surface area (TPSA) is 57.6 Å². The maximum atomic E-state index is 12.0. The average molecular weight is 277 g/mol. The summed E-state index contributed by atoms with van der Waals surface area (Å²) in [5.74, 6) is -1.11. The van der Waals surface area contributed by atoms with Gasteiger partial charge in [-0.1, -0.05) is 39.8 Å². The predicted molar refractivity (Wildman–Crippen MR) is 80.0 cm³/mol. The molecular weight excluding hydrogens is 254 g/mol. The van der Waals surface area contributed by atoms with E-state index in [1.54, 1.807) is 18.7 Å². The summed E-state index contributed by atoms with van der Waals surface area (Å²) in [6.45, 7) is 7.81. The molecule has 1 atom stereocenters. The minimum absolute atomic E-state index is 0.0598. The van der Waals surface area contributed by atoms with Gasteiger partial charge >= 0.3 is 5.97 Å². The van der Waals surface area contributed by atoms with Crippen molar-refractivity contribution in [1.29, 1.82) is 0 Å². The average Bonchev–Trinajstić information content (AvgIpc) is 2.43. The van der Waals surface area contributed by atoms with Crippen molar-refractivity contribution in [3.8, 4) is 0 Å². The number of rotatable bonds is 6. The summed E-state index contributed by atoms with van der Waals surface area (Å²) in [5.41, 5.74) is 1.96. The molecule has 20 heavy (non-hydrogen) atoms. The number of hydrogen-bond donors (Lipinski definition) is 1. The fraction of sp³-hybridized carbons (Fsp3) is 0.500. The highest BCUT2D eigenvalue weighted by Crippen LogP contribution is 2.21. The highest BCUT2D eigenvalue weighted by Gasteiger charge is 2.21. The molecule has 0 fully saturated rings. The van der Waals surface area contributed by atoms with E-state index in [1.807, 2.05) is 24.3 Å². The van der Waals surface area contributed by atoms with Crippen molar-refractivity contribution in [3.05, 3.63) is 29.8 Å². The molecule has 0 radical (unpaired) electrons. The van der Waals surface area contributed by atoms with Crippen molar-refractivity contribution in [2.45, 2.75) is 40.0 Å². The molecular formula is C16H23NO3. The Bertz CT molecular complexity index is 465. The first kappa shape index (κ1) is 16.2. The number of nitrogens with zero attached hydrogens (tertiary/aromatic N) is 1. The zero-order valence-electron chi connectivity index (χ0n) is 12.6. The van der Waals surface area contributed by atoms with Crippen LogP contribution in [0.15, 0.2) is 24.3 Å². The lowest BCUT2D eigenvalue weighted by atomic mass is 10.0. The minimum atomic E-state index is -0.891. The molecule has 0 aliphatic rings. The minimum Gasteiger partial charge on any atom is -0.481 e. The van der Waals surface area contributed by atoms with E-state index >= 15 is 0 Å². The van der Waals surface area contributed by atoms with Crippen molar-refractivity contribution in [2.75, 3.05) is 11.4 Å². The fourth-order valence-corrected chi connectivity index (χ4v) is 1.93. The quantitative estimate of drug-likeness (QED) is 0.868. The first-order valence-electron chi connectivity index (χ1n) is 6.99. The smallest absolute Gasteiger partial charge is 0.308 e. The van der Waals surface area contributed by atoms with Gasteiger partial charge in [-0.25, -0.2) is 0 Å². The predicted octanol–water partition coefficient (Wildman–Crippen LogP) is 3.27. The van der Waals surface area contributed by atoms with Crippen LogP contribution in [-0.4, -0.2) is 23.5 Å². The Morgan fingerprint density at radius 2 is 1.70 bits per heavy atom. The van der Waals surface area contributed by atoms with E-state index in [0.29, 0.717) is 12.3 Å². The fourth-order valence-electron chi connectivity index (χ4n) is 1.93. The molecule has 0 aromatic heterocycles. The second-order valence-corrected chi connectivity index (χ2v) is 5.34. The van der Waals surface area contributed by atoms with Crippen LogP contribution in [0.5, 0.6) is 0 Å². The Morgan fingerprint density at radius 3 is 2.10 bits per heavy atom. The van der Waals surface area contributed by atoms with Gasteiger partial charge in [0.2, 0.25) is 5.91 Å². The number of carboxylic acids is 1. The highest BCUT2D eigenvalue weighted by molar-refractivity contribution is 5.93. The molecule has 1 aromatic carbocycles. The highest BCUT2D eigenvalue weighted by atomic mass is 16.4. The van der Waals surface area contributed by atoms with Gasteiger partial charge in [0.15, 0.2) is 0 Å². The van der Waals surface area contributed by atoms with Gasteiger partial charge in [-0.05, 0) is 23.6 Å². The van der Waals surface area contributed by atoms with Crippen molar-refractivity contribution in [2.24, 2.45) is 5.92 Å². The number of amides is 1. The number of hydrogen-bond acceptors (Lipinski definition) is 2. The Balaban J connectivity index is 2.98. The summed E-state index contributed by atoms with van der Waals surface area (Å²) in [7, 11) is 0. The zero-order chi connectivity index (χ0) is 15.3. The van der Waals surface area contributed by atoms with Crippen molar-refractivity contribution >= 4 is 17.6 Å². The molecule has 0 saturated carbocycles. The van der Waals surface area contributed by atoms with E-state index in [1.165, 1.54) is 5.56 Å². The normalized spacial score (nSPS) is 12.2. The van der Waals surface area contributed by atoms with E-state index in [-0.39, 0.29) is 12.5 Å². The maximum Gasteiger partial charge on any atom is 0.308 e.